The molecule has 23 heavy (non-hydrogen) atoms. The number of halogens is 5. The summed E-state index contributed by atoms with van der Waals surface area (Å²) in [5.74, 6) is -1.39. The summed E-state index contributed by atoms with van der Waals surface area (Å²) in [6.45, 7) is 1.58. The topological polar surface area (TPSA) is 64.9 Å². The Morgan fingerprint density at radius 1 is 1.17 bits per heavy atom. The second kappa shape index (κ2) is 6.07. The second-order valence-electron chi connectivity index (χ2n) is 5.37. The summed E-state index contributed by atoms with van der Waals surface area (Å²) in [6.07, 6.45) is -3.35. The SMILES string of the molecule is CC(N)(c1ccc(Cl)nc1)C(N)c1ccc(C(F)(F)F)c(F)c1. The van der Waals surface area contributed by atoms with Gasteiger partial charge in [0.1, 0.15) is 11.0 Å². The van der Waals surface area contributed by atoms with E-state index in [1.54, 1.807) is 13.0 Å². The van der Waals surface area contributed by atoms with Gasteiger partial charge in [0.25, 0.3) is 0 Å². The smallest absolute Gasteiger partial charge is 0.322 e. The molecule has 4 N–H and O–H groups in total. The predicted octanol–water partition coefficient (Wildman–Crippen LogP) is 3.77. The van der Waals surface area contributed by atoms with E-state index in [4.69, 9.17) is 23.1 Å². The Kier molecular flexibility index (Phi) is 4.66. The molecule has 0 spiro atoms. The van der Waals surface area contributed by atoms with E-state index in [-0.39, 0.29) is 10.7 Å². The van der Waals surface area contributed by atoms with Gasteiger partial charge >= 0.3 is 6.18 Å². The lowest BCUT2D eigenvalue weighted by Crippen LogP contribution is -2.44. The zero-order valence-electron chi connectivity index (χ0n) is 12.0. The molecular weight excluding hydrogens is 334 g/mol. The zero-order valence-corrected chi connectivity index (χ0v) is 12.8. The van der Waals surface area contributed by atoms with E-state index in [0.29, 0.717) is 11.6 Å². The average Bonchev–Trinajstić information content (AvgIpc) is 2.45. The van der Waals surface area contributed by atoms with Gasteiger partial charge in [0, 0.05) is 6.20 Å². The minimum absolute atomic E-state index is 0.149. The molecule has 0 saturated carbocycles. The fourth-order valence-electron chi connectivity index (χ4n) is 2.17. The highest BCUT2D eigenvalue weighted by atomic mass is 35.5. The Hall–Kier alpha value is -1.70. The van der Waals surface area contributed by atoms with Crippen LogP contribution < -0.4 is 11.5 Å². The summed E-state index contributed by atoms with van der Waals surface area (Å²) in [7, 11) is 0. The number of alkyl halides is 3. The van der Waals surface area contributed by atoms with Gasteiger partial charge in [-0.3, -0.25) is 0 Å². The quantitative estimate of drug-likeness (QED) is 0.656. The number of pyridine rings is 1. The van der Waals surface area contributed by atoms with Gasteiger partial charge in [-0.2, -0.15) is 13.2 Å². The molecule has 2 aromatic rings. The highest BCUT2D eigenvalue weighted by molar-refractivity contribution is 6.29. The van der Waals surface area contributed by atoms with Crippen LogP contribution in [0, 0.1) is 5.82 Å². The molecule has 0 radical (unpaired) electrons. The van der Waals surface area contributed by atoms with Crippen LogP contribution in [0.3, 0.4) is 0 Å². The van der Waals surface area contributed by atoms with Crippen molar-refractivity contribution in [1.82, 2.24) is 4.98 Å². The van der Waals surface area contributed by atoms with E-state index in [2.05, 4.69) is 4.98 Å². The number of hydrogen-bond acceptors (Lipinski definition) is 3. The molecule has 1 heterocycles. The van der Waals surface area contributed by atoms with E-state index < -0.39 is 29.1 Å². The Bertz CT molecular complexity index is 699. The lowest BCUT2D eigenvalue weighted by atomic mass is 9.83. The average molecular weight is 348 g/mol. The molecule has 3 nitrogen and oxygen atoms in total. The Morgan fingerprint density at radius 2 is 1.83 bits per heavy atom. The van der Waals surface area contributed by atoms with Crippen LogP contribution in [0.15, 0.2) is 36.5 Å². The van der Waals surface area contributed by atoms with Crippen LogP contribution in [0.5, 0.6) is 0 Å². The van der Waals surface area contributed by atoms with Crippen molar-refractivity contribution in [2.24, 2.45) is 11.5 Å². The van der Waals surface area contributed by atoms with E-state index in [9.17, 15) is 17.6 Å². The molecule has 0 bridgehead atoms. The molecule has 2 atom stereocenters. The highest BCUT2D eigenvalue weighted by Gasteiger charge is 2.36. The number of benzene rings is 1. The normalized spacial score (nSPS) is 16.0. The van der Waals surface area contributed by atoms with Gasteiger partial charge in [0.05, 0.1) is 17.1 Å². The lowest BCUT2D eigenvalue weighted by Gasteiger charge is -2.32. The number of nitrogens with zero attached hydrogens (tertiary/aromatic N) is 1. The maximum Gasteiger partial charge on any atom is 0.419 e. The Balaban J connectivity index is 2.37. The molecule has 0 aliphatic heterocycles. The number of rotatable bonds is 3. The van der Waals surface area contributed by atoms with Crippen molar-refractivity contribution in [3.05, 3.63) is 64.2 Å². The first-order valence-electron chi connectivity index (χ1n) is 6.56. The highest BCUT2D eigenvalue weighted by Crippen LogP contribution is 2.35. The predicted molar refractivity (Wildman–Crippen MR) is 79.1 cm³/mol. The summed E-state index contributed by atoms with van der Waals surface area (Å²) in [6, 6.07) is 4.70. The second-order valence-corrected chi connectivity index (χ2v) is 5.75. The van der Waals surface area contributed by atoms with Crippen molar-refractivity contribution in [2.75, 3.05) is 0 Å². The summed E-state index contributed by atoms with van der Waals surface area (Å²) in [5, 5.41) is 0.263. The molecular formula is C15H14ClF4N3. The van der Waals surface area contributed by atoms with Crippen molar-refractivity contribution in [3.8, 4) is 0 Å². The van der Waals surface area contributed by atoms with E-state index >= 15 is 0 Å². The zero-order chi connectivity index (χ0) is 17.4. The molecule has 124 valence electrons. The van der Waals surface area contributed by atoms with Crippen LogP contribution in [0.2, 0.25) is 5.15 Å². The Morgan fingerprint density at radius 3 is 2.30 bits per heavy atom. The molecule has 0 aliphatic rings. The molecule has 8 heteroatoms. The van der Waals surface area contributed by atoms with Crippen molar-refractivity contribution in [2.45, 2.75) is 24.7 Å². The number of hydrogen-bond donors (Lipinski definition) is 2. The fourth-order valence-corrected chi connectivity index (χ4v) is 2.29. The molecule has 0 fully saturated rings. The molecule has 0 saturated heterocycles. The van der Waals surface area contributed by atoms with Crippen LogP contribution in [-0.4, -0.2) is 4.98 Å². The van der Waals surface area contributed by atoms with Gasteiger partial charge in [0.15, 0.2) is 0 Å². The number of nitrogens with two attached hydrogens (primary N) is 2. The molecule has 0 aliphatic carbocycles. The van der Waals surface area contributed by atoms with Crippen molar-refractivity contribution < 1.29 is 17.6 Å². The lowest BCUT2D eigenvalue weighted by molar-refractivity contribution is -0.140. The molecule has 2 rings (SSSR count). The van der Waals surface area contributed by atoms with Gasteiger partial charge in [-0.25, -0.2) is 9.37 Å². The third kappa shape index (κ3) is 3.63. The first-order chi connectivity index (χ1) is 10.5. The largest absolute Gasteiger partial charge is 0.419 e. The van der Waals surface area contributed by atoms with Crippen LogP contribution in [0.1, 0.15) is 29.7 Å². The fraction of sp³-hybridized carbons (Fsp3) is 0.267. The standard InChI is InChI=1S/C15H14ClF4N3/c1-14(22,9-3-5-12(16)23-7-9)13(21)8-2-4-10(11(17)6-8)15(18,19)20/h2-7,13H,21-22H2,1H3. The van der Waals surface area contributed by atoms with Crippen LogP contribution in [0.25, 0.3) is 0 Å². The molecule has 1 aromatic heterocycles. The first-order valence-corrected chi connectivity index (χ1v) is 6.94. The summed E-state index contributed by atoms with van der Waals surface area (Å²) >= 11 is 5.70. The maximum atomic E-state index is 13.7. The van der Waals surface area contributed by atoms with E-state index in [1.807, 2.05) is 0 Å². The van der Waals surface area contributed by atoms with Crippen molar-refractivity contribution >= 4 is 11.6 Å². The first kappa shape index (κ1) is 17.7. The summed E-state index contributed by atoms with van der Waals surface area (Å²) in [4.78, 5) is 3.89. The maximum absolute atomic E-state index is 13.7. The minimum atomic E-state index is -4.77. The van der Waals surface area contributed by atoms with Crippen LogP contribution in [0.4, 0.5) is 17.6 Å². The monoisotopic (exact) mass is 347 g/mol. The van der Waals surface area contributed by atoms with Gasteiger partial charge in [-0.05, 0) is 36.2 Å². The van der Waals surface area contributed by atoms with Crippen LogP contribution in [-0.2, 0) is 11.7 Å². The molecule has 1 aromatic carbocycles. The molecule has 0 amide bonds. The molecule has 2 unspecified atom stereocenters. The third-order valence-corrected chi connectivity index (χ3v) is 3.88. The Labute approximate surface area is 135 Å². The summed E-state index contributed by atoms with van der Waals surface area (Å²) in [5.41, 5.74) is 10.4. The minimum Gasteiger partial charge on any atom is -0.322 e. The van der Waals surface area contributed by atoms with Crippen LogP contribution >= 0.6 is 11.6 Å². The number of aromatic nitrogens is 1. The summed E-state index contributed by atoms with van der Waals surface area (Å²) < 4.78 is 51.5. The third-order valence-electron chi connectivity index (χ3n) is 3.65. The van der Waals surface area contributed by atoms with Gasteiger partial charge in [-0.1, -0.05) is 23.7 Å². The van der Waals surface area contributed by atoms with Crippen molar-refractivity contribution in [1.29, 1.82) is 0 Å². The van der Waals surface area contributed by atoms with Crippen molar-refractivity contribution in [3.63, 3.8) is 0 Å². The van der Waals surface area contributed by atoms with E-state index in [0.717, 1.165) is 12.1 Å². The van der Waals surface area contributed by atoms with Gasteiger partial charge in [0.2, 0.25) is 0 Å². The van der Waals surface area contributed by atoms with Gasteiger partial charge in [-0.15, -0.1) is 0 Å². The van der Waals surface area contributed by atoms with E-state index in [1.165, 1.54) is 12.3 Å². The van der Waals surface area contributed by atoms with Gasteiger partial charge < -0.3 is 11.5 Å².